The van der Waals surface area contributed by atoms with Gasteiger partial charge in [-0.05, 0) is 39.0 Å². The van der Waals surface area contributed by atoms with Crippen molar-refractivity contribution in [1.82, 2.24) is 10.6 Å². The Hall–Kier alpha value is -0.120. The Labute approximate surface area is 170 Å². The topological polar surface area (TPSA) is 64.1 Å². The van der Waals surface area contributed by atoms with Crippen LogP contribution in [0.4, 0.5) is 0 Å². The average Bonchev–Trinajstić information content (AvgIpc) is 3.06. The van der Waals surface area contributed by atoms with E-state index < -0.39 is 0 Å². The van der Waals surface area contributed by atoms with E-state index in [1.54, 1.807) is 0 Å². The van der Waals surface area contributed by atoms with E-state index >= 15 is 0 Å². The minimum absolute atomic E-state index is 0. The first-order chi connectivity index (χ1) is 11.7. The summed E-state index contributed by atoms with van der Waals surface area (Å²) in [7, 11) is 0. The fourth-order valence-electron chi connectivity index (χ4n) is 2.65. The van der Waals surface area contributed by atoms with E-state index in [-0.39, 0.29) is 30.1 Å². The van der Waals surface area contributed by atoms with Crippen molar-refractivity contribution >= 4 is 29.9 Å². The fourth-order valence-corrected chi connectivity index (χ4v) is 2.65. The van der Waals surface area contributed by atoms with Crippen molar-refractivity contribution in [3.05, 3.63) is 0 Å². The molecule has 2 atom stereocenters. The van der Waals surface area contributed by atoms with Gasteiger partial charge >= 0.3 is 0 Å². The van der Waals surface area contributed by atoms with Gasteiger partial charge in [0, 0.05) is 39.5 Å². The third-order valence-electron chi connectivity index (χ3n) is 4.00. The normalized spacial score (nSPS) is 18.9. The maximum atomic E-state index is 5.78. The van der Waals surface area contributed by atoms with E-state index in [1.165, 1.54) is 0 Å². The molecule has 1 aliphatic heterocycles. The van der Waals surface area contributed by atoms with E-state index in [0.717, 1.165) is 71.3 Å². The largest absolute Gasteiger partial charge is 0.379 e. The predicted octanol–water partition coefficient (Wildman–Crippen LogP) is 2.81. The van der Waals surface area contributed by atoms with Crippen LogP contribution in [-0.2, 0) is 14.2 Å². The van der Waals surface area contributed by atoms with Crippen molar-refractivity contribution in [2.24, 2.45) is 10.9 Å². The van der Waals surface area contributed by atoms with Crippen LogP contribution in [0.25, 0.3) is 0 Å². The van der Waals surface area contributed by atoms with Gasteiger partial charge in [0.1, 0.15) is 0 Å². The second-order valence-corrected chi connectivity index (χ2v) is 6.42. The van der Waals surface area contributed by atoms with Gasteiger partial charge in [-0.2, -0.15) is 0 Å². The summed E-state index contributed by atoms with van der Waals surface area (Å²) in [5.41, 5.74) is 0. The molecule has 0 aliphatic carbocycles. The van der Waals surface area contributed by atoms with Crippen LogP contribution in [0.3, 0.4) is 0 Å². The second-order valence-electron chi connectivity index (χ2n) is 6.42. The summed E-state index contributed by atoms with van der Waals surface area (Å²) in [6, 6.07) is 0. The highest BCUT2D eigenvalue weighted by Gasteiger charge is 2.15. The third kappa shape index (κ3) is 12.0. The number of hydrogen-bond acceptors (Lipinski definition) is 4. The Morgan fingerprint density at radius 3 is 2.68 bits per heavy atom. The van der Waals surface area contributed by atoms with Gasteiger partial charge < -0.3 is 24.8 Å². The number of rotatable bonds is 12. The first-order valence-electron chi connectivity index (χ1n) is 9.50. The smallest absolute Gasteiger partial charge is 0.191 e. The molecule has 0 aromatic rings. The monoisotopic (exact) mass is 471 g/mol. The number of ether oxygens (including phenoxy) is 3. The molecule has 0 aromatic carbocycles. The van der Waals surface area contributed by atoms with Crippen molar-refractivity contribution in [2.45, 2.75) is 59.2 Å². The summed E-state index contributed by atoms with van der Waals surface area (Å²) < 4.78 is 16.8. The van der Waals surface area contributed by atoms with Gasteiger partial charge in [0.15, 0.2) is 5.96 Å². The number of guanidine groups is 1. The fraction of sp³-hybridized carbons (Fsp3) is 0.944. The van der Waals surface area contributed by atoms with Gasteiger partial charge in [-0.15, -0.1) is 24.0 Å². The number of halogens is 1. The molecule has 2 N–H and O–H groups in total. The van der Waals surface area contributed by atoms with Crippen molar-refractivity contribution in [3.63, 3.8) is 0 Å². The molecule has 1 heterocycles. The highest BCUT2D eigenvalue weighted by atomic mass is 127. The Balaban J connectivity index is 0.00000576. The molecular formula is C18H38IN3O3. The summed E-state index contributed by atoms with van der Waals surface area (Å²) >= 11 is 0. The average molecular weight is 471 g/mol. The zero-order chi connectivity index (χ0) is 17.6. The summed E-state index contributed by atoms with van der Waals surface area (Å²) in [4.78, 5) is 4.61. The molecule has 0 aromatic heterocycles. The molecule has 0 amide bonds. The van der Waals surface area contributed by atoms with Crippen LogP contribution in [-0.4, -0.2) is 64.2 Å². The second kappa shape index (κ2) is 16.1. The minimum Gasteiger partial charge on any atom is -0.379 e. The summed E-state index contributed by atoms with van der Waals surface area (Å²) in [5.74, 6) is 1.41. The standard InChI is InChI=1S/C18H37N3O3.HI/c1-5-19-18(21-11-8-17(15(3)4)23-6-2)20-10-7-12-24-16-9-13-22-14-16;/h15-17H,5-14H2,1-4H3,(H2,19,20,21);1H. The summed E-state index contributed by atoms with van der Waals surface area (Å²) in [6.07, 6.45) is 3.52. The molecule has 0 radical (unpaired) electrons. The molecule has 0 spiro atoms. The SMILES string of the molecule is CCNC(=NCCCOC1CCOC1)NCCC(OCC)C(C)C.I. The van der Waals surface area contributed by atoms with Crippen molar-refractivity contribution in [2.75, 3.05) is 46.1 Å². The number of aliphatic imine (C=N–C) groups is 1. The van der Waals surface area contributed by atoms with Gasteiger partial charge in [-0.25, -0.2) is 0 Å². The quantitative estimate of drug-likeness (QED) is 0.198. The Morgan fingerprint density at radius 2 is 2.08 bits per heavy atom. The van der Waals surface area contributed by atoms with Crippen LogP contribution in [0.15, 0.2) is 4.99 Å². The molecule has 7 heteroatoms. The highest BCUT2D eigenvalue weighted by Crippen LogP contribution is 2.10. The van der Waals surface area contributed by atoms with Gasteiger partial charge in [0.2, 0.25) is 0 Å². The Morgan fingerprint density at radius 1 is 1.28 bits per heavy atom. The third-order valence-corrected chi connectivity index (χ3v) is 4.00. The summed E-state index contributed by atoms with van der Waals surface area (Å²) in [6.45, 7) is 14.1. The van der Waals surface area contributed by atoms with Crippen LogP contribution in [0.2, 0.25) is 0 Å². The van der Waals surface area contributed by atoms with Crippen LogP contribution in [0.5, 0.6) is 0 Å². The molecule has 150 valence electrons. The molecule has 6 nitrogen and oxygen atoms in total. The molecule has 1 saturated heterocycles. The molecular weight excluding hydrogens is 433 g/mol. The predicted molar refractivity (Wildman–Crippen MR) is 114 cm³/mol. The van der Waals surface area contributed by atoms with Crippen LogP contribution >= 0.6 is 24.0 Å². The Kier molecular flexibility index (Phi) is 16.0. The lowest BCUT2D eigenvalue weighted by molar-refractivity contribution is 0.0258. The first-order valence-corrected chi connectivity index (χ1v) is 9.50. The van der Waals surface area contributed by atoms with E-state index in [4.69, 9.17) is 14.2 Å². The molecule has 1 aliphatic rings. The lowest BCUT2D eigenvalue weighted by Crippen LogP contribution is -2.39. The molecule has 1 fully saturated rings. The van der Waals surface area contributed by atoms with Crippen LogP contribution < -0.4 is 10.6 Å². The van der Waals surface area contributed by atoms with Crippen molar-refractivity contribution in [3.8, 4) is 0 Å². The first kappa shape index (κ1) is 24.9. The van der Waals surface area contributed by atoms with Crippen molar-refractivity contribution < 1.29 is 14.2 Å². The zero-order valence-corrected chi connectivity index (χ0v) is 18.7. The van der Waals surface area contributed by atoms with E-state index in [9.17, 15) is 0 Å². The van der Waals surface area contributed by atoms with Gasteiger partial charge in [0.25, 0.3) is 0 Å². The van der Waals surface area contributed by atoms with Crippen molar-refractivity contribution in [1.29, 1.82) is 0 Å². The van der Waals surface area contributed by atoms with E-state index in [0.29, 0.717) is 12.0 Å². The van der Waals surface area contributed by atoms with E-state index in [1.807, 2.05) is 6.92 Å². The molecule has 25 heavy (non-hydrogen) atoms. The number of nitrogens with one attached hydrogen (secondary N) is 2. The van der Waals surface area contributed by atoms with E-state index in [2.05, 4.69) is 36.4 Å². The molecule has 0 bridgehead atoms. The lowest BCUT2D eigenvalue weighted by Gasteiger charge is -2.21. The maximum Gasteiger partial charge on any atom is 0.191 e. The molecule has 2 unspecified atom stereocenters. The van der Waals surface area contributed by atoms with Crippen LogP contribution in [0, 0.1) is 5.92 Å². The molecule has 0 saturated carbocycles. The van der Waals surface area contributed by atoms with Gasteiger partial charge in [-0.1, -0.05) is 13.8 Å². The maximum absolute atomic E-state index is 5.78. The zero-order valence-electron chi connectivity index (χ0n) is 16.4. The van der Waals surface area contributed by atoms with Crippen LogP contribution in [0.1, 0.15) is 47.0 Å². The lowest BCUT2D eigenvalue weighted by atomic mass is 10.0. The minimum atomic E-state index is 0. The Bertz CT molecular complexity index is 338. The molecule has 1 rings (SSSR count). The number of hydrogen-bond donors (Lipinski definition) is 2. The highest BCUT2D eigenvalue weighted by molar-refractivity contribution is 14.0. The number of nitrogens with zero attached hydrogens (tertiary/aromatic N) is 1. The van der Waals surface area contributed by atoms with Gasteiger partial charge in [0.05, 0.1) is 18.8 Å². The summed E-state index contributed by atoms with van der Waals surface area (Å²) in [5, 5.41) is 6.68. The van der Waals surface area contributed by atoms with Gasteiger partial charge in [-0.3, -0.25) is 4.99 Å².